The van der Waals surface area contributed by atoms with E-state index in [1.807, 2.05) is 36.2 Å². The lowest BCUT2D eigenvalue weighted by atomic mass is 9.99. The maximum atomic E-state index is 11.7. The third-order valence-corrected chi connectivity index (χ3v) is 3.20. The van der Waals surface area contributed by atoms with Gasteiger partial charge in [-0.1, -0.05) is 6.07 Å². The molecule has 0 saturated carbocycles. The van der Waals surface area contributed by atoms with Crippen molar-refractivity contribution in [3.8, 4) is 5.75 Å². The van der Waals surface area contributed by atoms with Crippen molar-refractivity contribution in [2.24, 2.45) is 5.73 Å². The van der Waals surface area contributed by atoms with Crippen molar-refractivity contribution in [1.29, 1.82) is 0 Å². The van der Waals surface area contributed by atoms with Crippen LogP contribution in [0.5, 0.6) is 5.75 Å². The first kappa shape index (κ1) is 16.3. The normalized spacial score (nSPS) is 13.4. The molecule has 1 unspecified atom stereocenters. The molecule has 0 saturated heterocycles. The summed E-state index contributed by atoms with van der Waals surface area (Å²) in [5.74, 6) is 0.439. The minimum atomic E-state index is -0.969. The first-order valence-corrected chi connectivity index (χ1v) is 6.72. The Morgan fingerprint density at radius 3 is 2.75 bits per heavy atom. The molecule has 0 aliphatic rings. The molecule has 20 heavy (non-hydrogen) atoms. The van der Waals surface area contributed by atoms with Crippen molar-refractivity contribution in [3.63, 3.8) is 0 Å². The summed E-state index contributed by atoms with van der Waals surface area (Å²) in [4.78, 5) is 13.8. The van der Waals surface area contributed by atoms with Crippen LogP contribution >= 0.6 is 0 Å². The number of benzene rings is 1. The molecular formula is C15H24N2O3. The van der Waals surface area contributed by atoms with Gasteiger partial charge in [-0.25, -0.2) is 0 Å². The highest BCUT2D eigenvalue weighted by Crippen LogP contribution is 2.21. The van der Waals surface area contributed by atoms with Gasteiger partial charge in [-0.2, -0.15) is 0 Å². The van der Waals surface area contributed by atoms with Crippen molar-refractivity contribution in [2.45, 2.75) is 25.8 Å². The fraction of sp³-hybridized carbons (Fsp3) is 0.533. The summed E-state index contributed by atoms with van der Waals surface area (Å²) in [5, 5.41) is 0. The lowest BCUT2D eigenvalue weighted by Gasteiger charge is -2.26. The number of rotatable bonds is 7. The van der Waals surface area contributed by atoms with Gasteiger partial charge in [-0.3, -0.25) is 4.79 Å². The number of hydrogen-bond donors (Lipinski definition) is 1. The van der Waals surface area contributed by atoms with E-state index in [0.717, 1.165) is 11.4 Å². The summed E-state index contributed by atoms with van der Waals surface area (Å²) in [7, 11) is 3.59. The SMILES string of the molecule is CCOC(=O)C(C)(N)CCN(C)c1cccc(OC)c1. The predicted octanol–water partition coefficient (Wildman–Crippen LogP) is 1.80. The molecule has 112 valence electrons. The number of carbonyl (C=O) groups excluding carboxylic acids is 1. The average Bonchev–Trinajstić information content (AvgIpc) is 2.45. The average molecular weight is 280 g/mol. The van der Waals surface area contributed by atoms with Crippen molar-refractivity contribution < 1.29 is 14.3 Å². The van der Waals surface area contributed by atoms with Gasteiger partial charge < -0.3 is 20.1 Å². The van der Waals surface area contributed by atoms with Crippen LogP contribution in [0.2, 0.25) is 0 Å². The van der Waals surface area contributed by atoms with E-state index < -0.39 is 5.54 Å². The van der Waals surface area contributed by atoms with Crippen molar-refractivity contribution in [2.75, 3.05) is 32.2 Å². The Labute approximate surface area is 120 Å². The standard InChI is InChI=1S/C15H24N2O3/c1-5-20-14(18)15(2,16)9-10-17(3)12-7-6-8-13(11-12)19-4/h6-8,11H,5,9-10,16H2,1-4H3. The lowest BCUT2D eigenvalue weighted by molar-refractivity contribution is -0.149. The smallest absolute Gasteiger partial charge is 0.325 e. The zero-order valence-corrected chi connectivity index (χ0v) is 12.7. The van der Waals surface area contributed by atoms with E-state index in [2.05, 4.69) is 0 Å². The van der Waals surface area contributed by atoms with Crippen LogP contribution in [0.25, 0.3) is 0 Å². The second-order valence-corrected chi connectivity index (χ2v) is 5.01. The third kappa shape index (κ3) is 4.42. The number of hydrogen-bond acceptors (Lipinski definition) is 5. The molecule has 0 aliphatic carbocycles. The number of methoxy groups -OCH3 is 1. The van der Waals surface area contributed by atoms with Gasteiger partial charge in [-0.15, -0.1) is 0 Å². The summed E-state index contributed by atoms with van der Waals surface area (Å²) in [6.07, 6.45) is 0.513. The summed E-state index contributed by atoms with van der Waals surface area (Å²) >= 11 is 0. The van der Waals surface area contributed by atoms with Gasteiger partial charge in [0, 0.05) is 25.3 Å². The number of esters is 1. The van der Waals surface area contributed by atoms with Gasteiger partial charge >= 0.3 is 5.97 Å². The molecule has 1 aromatic carbocycles. The monoisotopic (exact) mass is 280 g/mol. The molecule has 0 spiro atoms. The fourth-order valence-corrected chi connectivity index (χ4v) is 1.78. The van der Waals surface area contributed by atoms with Crippen LogP contribution in [0.15, 0.2) is 24.3 Å². The van der Waals surface area contributed by atoms with Crippen LogP contribution in [-0.2, 0) is 9.53 Å². The summed E-state index contributed by atoms with van der Waals surface area (Å²) in [5.41, 5.74) is 6.05. The molecule has 5 heteroatoms. The molecule has 5 nitrogen and oxygen atoms in total. The summed E-state index contributed by atoms with van der Waals surface area (Å²) < 4.78 is 10.2. The Balaban J connectivity index is 2.62. The van der Waals surface area contributed by atoms with E-state index in [1.54, 1.807) is 21.0 Å². The van der Waals surface area contributed by atoms with Gasteiger partial charge in [0.1, 0.15) is 11.3 Å². The molecule has 1 atom stereocenters. The Morgan fingerprint density at radius 1 is 1.45 bits per heavy atom. The zero-order valence-electron chi connectivity index (χ0n) is 12.7. The number of carbonyl (C=O) groups is 1. The molecule has 0 heterocycles. The largest absolute Gasteiger partial charge is 0.497 e. The zero-order chi connectivity index (χ0) is 15.2. The number of anilines is 1. The lowest BCUT2D eigenvalue weighted by Crippen LogP contribution is -2.48. The molecule has 0 aliphatic heterocycles. The second-order valence-electron chi connectivity index (χ2n) is 5.01. The van der Waals surface area contributed by atoms with E-state index >= 15 is 0 Å². The van der Waals surface area contributed by atoms with Crippen LogP contribution in [0.1, 0.15) is 20.3 Å². The molecule has 0 fully saturated rings. The maximum absolute atomic E-state index is 11.7. The minimum Gasteiger partial charge on any atom is -0.497 e. The van der Waals surface area contributed by atoms with Gasteiger partial charge in [0.05, 0.1) is 13.7 Å². The minimum absolute atomic E-state index is 0.345. The van der Waals surface area contributed by atoms with Gasteiger partial charge in [-0.05, 0) is 32.4 Å². The maximum Gasteiger partial charge on any atom is 0.325 e. The topological polar surface area (TPSA) is 64.8 Å². The molecule has 0 aromatic heterocycles. The van der Waals surface area contributed by atoms with E-state index in [9.17, 15) is 4.79 Å². The first-order chi connectivity index (χ1) is 9.40. The molecular weight excluding hydrogens is 256 g/mol. The molecule has 0 radical (unpaired) electrons. The summed E-state index contributed by atoms with van der Waals surface area (Å²) in [6, 6.07) is 7.75. The fourth-order valence-electron chi connectivity index (χ4n) is 1.78. The van der Waals surface area contributed by atoms with E-state index in [4.69, 9.17) is 15.2 Å². The highest BCUT2D eigenvalue weighted by atomic mass is 16.5. The molecule has 1 aromatic rings. The number of nitrogens with zero attached hydrogens (tertiary/aromatic N) is 1. The van der Waals surface area contributed by atoms with E-state index in [-0.39, 0.29) is 5.97 Å². The Hall–Kier alpha value is -1.75. The van der Waals surface area contributed by atoms with Gasteiger partial charge in [0.25, 0.3) is 0 Å². The van der Waals surface area contributed by atoms with Crippen molar-refractivity contribution in [3.05, 3.63) is 24.3 Å². The molecule has 1 rings (SSSR count). The van der Waals surface area contributed by atoms with Crippen LogP contribution in [-0.4, -0.2) is 38.8 Å². The molecule has 0 bridgehead atoms. The van der Waals surface area contributed by atoms with Crippen molar-refractivity contribution in [1.82, 2.24) is 0 Å². The van der Waals surface area contributed by atoms with Gasteiger partial charge in [0.15, 0.2) is 0 Å². The second kappa shape index (κ2) is 7.14. The van der Waals surface area contributed by atoms with Crippen LogP contribution in [0.3, 0.4) is 0 Å². The Kier molecular flexibility index (Phi) is 5.82. The third-order valence-electron chi connectivity index (χ3n) is 3.20. The quantitative estimate of drug-likeness (QED) is 0.772. The summed E-state index contributed by atoms with van der Waals surface area (Å²) in [6.45, 7) is 4.47. The van der Waals surface area contributed by atoms with E-state index in [1.165, 1.54) is 0 Å². The number of nitrogens with two attached hydrogens (primary N) is 1. The highest BCUT2D eigenvalue weighted by molar-refractivity contribution is 5.80. The number of ether oxygens (including phenoxy) is 2. The van der Waals surface area contributed by atoms with Crippen LogP contribution in [0, 0.1) is 0 Å². The van der Waals surface area contributed by atoms with Gasteiger partial charge in [0.2, 0.25) is 0 Å². The van der Waals surface area contributed by atoms with Crippen molar-refractivity contribution >= 4 is 11.7 Å². The molecule has 0 amide bonds. The highest BCUT2D eigenvalue weighted by Gasteiger charge is 2.29. The predicted molar refractivity (Wildman–Crippen MR) is 80.1 cm³/mol. The Morgan fingerprint density at radius 2 is 2.15 bits per heavy atom. The molecule has 2 N–H and O–H groups in total. The first-order valence-electron chi connectivity index (χ1n) is 6.72. The van der Waals surface area contributed by atoms with Crippen LogP contribution < -0.4 is 15.4 Å². The Bertz CT molecular complexity index is 446. The van der Waals surface area contributed by atoms with E-state index in [0.29, 0.717) is 19.6 Å². The van der Waals surface area contributed by atoms with Crippen LogP contribution in [0.4, 0.5) is 5.69 Å².